The molecular formula is C38H37BrN2O7. The minimum Gasteiger partial charge on any atom is -0.494 e. The number of unbranched alkanes of at least 4 members (excludes halogenated alkanes) is 2. The molecule has 9 nitrogen and oxygen atoms in total. The topological polar surface area (TPSA) is 110 Å². The van der Waals surface area contributed by atoms with Gasteiger partial charge >= 0.3 is 11.9 Å². The number of hydrogen-bond donors (Lipinski definition) is 0. The summed E-state index contributed by atoms with van der Waals surface area (Å²) in [6.45, 7) is 9.18. The van der Waals surface area contributed by atoms with E-state index in [9.17, 15) is 9.59 Å². The number of benzene rings is 4. The molecule has 0 saturated heterocycles. The summed E-state index contributed by atoms with van der Waals surface area (Å²) in [7, 11) is 0. The van der Waals surface area contributed by atoms with E-state index in [1.165, 1.54) is 0 Å². The van der Waals surface area contributed by atoms with Gasteiger partial charge in [-0.1, -0.05) is 26.7 Å². The van der Waals surface area contributed by atoms with Gasteiger partial charge in [-0.3, -0.25) is 0 Å². The maximum absolute atomic E-state index is 12.9. The number of aryl methyl sites for hydroxylation is 2. The van der Waals surface area contributed by atoms with Crippen molar-refractivity contribution in [2.45, 2.75) is 53.4 Å². The third kappa shape index (κ3) is 8.68. The number of esters is 2. The largest absolute Gasteiger partial charge is 0.494 e. The standard InChI is InChI=1S/C38H37BrN2O7/c1-5-7-19-44-29-14-16-31(24(3)21-29)37(42)46-28-12-9-26(10-13-28)35-40-41-36(48-35)27-11-18-34(33(39)23-27)47-38(43)32-17-15-30(22-25(32)4)45-20-8-6-2/h9-18,21-23H,5-8,19-20H2,1-4H3. The Balaban J connectivity index is 1.20. The molecule has 0 aliphatic rings. The maximum Gasteiger partial charge on any atom is 0.343 e. The van der Waals surface area contributed by atoms with Crippen molar-refractivity contribution in [3.8, 4) is 45.9 Å². The van der Waals surface area contributed by atoms with E-state index in [1.54, 1.807) is 66.7 Å². The maximum atomic E-state index is 12.9. The second kappa shape index (κ2) is 16.2. The highest BCUT2D eigenvalue weighted by molar-refractivity contribution is 9.10. The summed E-state index contributed by atoms with van der Waals surface area (Å²) in [5.74, 6) is 1.83. The van der Waals surface area contributed by atoms with Crippen LogP contribution in [0.2, 0.25) is 0 Å². The molecule has 0 aliphatic carbocycles. The molecule has 0 spiro atoms. The molecule has 0 amide bonds. The first-order chi connectivity index (χ1) is 23.2. The van der Waals surface area contributed by atoms with E-state index in [-0.39, 0.29) is 5.89 Å². The van der Waals surface area contributed by atoms with Crippen LogP contribution in [-0.2, 0) is 0 Å². The molecule has 1 heterocycles. The molecule has 0 aliphatic heterocycles. The van der Waals surface area contributed by atoms with E-state index in [1.807, 2.05) is 26.0 Å². The van der Waals surface area contributed by atoms with Crippen molar-refractivity contribution < 1.29 is 33.0 Å². The summed E-state index contributed by atoms with van der Waals surface area (Å²) in [6.07, 6.45) is 4.04. The highest BCUT2D eigenvalue weighted by Crippen LogP contribution is 2.33. The van der Waals surface area contributed by atoms with Gasteiger partial charge in [0.25, 0.3) is 0 Å². The molecule has 4 aromatic carbocycles. The Bertz CT molecular complexity index is 1880. The molecule has 1 aromatic heterocycles. The Morgan fingerprint density at radius 1 is 0.646 bits per heavy atom. The lowest BCUT2D eigenvalue weighted by Crippen LogP contribution is -2.11. The van der Waals surface area contributed by atoms with Gasteiger partial charge in [-0.15, -0.1) is 10.2 Å². The van der Waals surface area contributed by atoms with Crippen LogP contribution in [-0.4, -0.2) is 35.3 Å². The molecule has 0 atom stereocenters. The van der Waals surface area contributed by atoms with E-state index in [0.717, 1.165) is 48.3 Å². The van der Waals surface area contributed by atoms with Crippen LogP contribution in [0.15, 0.2) is 87.8 Å². The highest BCUT2D eigenvalue weighted by Gasteiger charge is 2.18. The summed E-state index contributed by atoms with van der Waals surface area (Å²) >= 11 is 3.49. The van der Waals surface area contributed by atoms with Crippen molar-refractivity contribution in [1.82, 2.24) is 10.2 Å². The Morgan fingerprint density at radius 2 is 1.15 bits per heavy atom. The first kappa shape index (κ1) is 34.4. The van der Waals surface area contributed by atoms with Gasteiger partial charge in [0, 0.05) is 11.1 Å². The Kier molecular flexibility index (Phi) is 11.6. The van der Waals surface area contributed by atoms with Gasteiger partial charge in [0.2, 0.25) is 11.8 Å². The molecule has 0 unspecified atom stereocenters. The summed E-state index contributed by atoms with van der Waals surface area (Å²) < 4.78 is 29.2. The molecule has 5 rings (SSSR count). The number of aromatic nitrogens is 2. The molecular weight excluding hydrogens is 676 g/mol. The van der Waals surface area contributed by atoms with E-state index in [4.69, 9.17) is 23.4 Å². The number of hydrogen-bond acceptors (Lipinski definition) is 9. The van der Waals surface area contributed by atoms with Gasteiger partial charge in [0.15, 0.2) is 0 Å². The Labute approximate surface area is 288 Å². The first-order valence-electron chi connectivity index (χ1n) is 15.9. The molecule has 0 N–H and O–H groups in total. The zero-order valence-corrected chi connectivity index (χ0v) is 29.0. The molecule has 0 bridgehead atoms. The van der Waals surface area contributed by atoms with Crippen LogP contribution in [0.25, 0.3) is 22.9 Å². The smallest absolute Gasteiger partial charge is 0.343 e. The van der Waals surface area contributed by atoms with Crippen molar-refractivity contribution >= 4 is 27.9 Å². The fourth-order valence-corrected chi connectivity index (χ4v) is 5.19. The normalized spacial score (nSPS) is 10.9. The minimum atomic E-state index is -0.476. The van der Waals surface area contributed by atoms with E-state index in [2.05, 4.69) is 40.0 Å². The van der Waals surface area contributed by atoms with E-state index < -0.39 is 11.9 Å². The van der Waals surface area contributed by atoms with E-state index in [0.29, 0.717) is 57.3 Å². The second-order valence-corrected chi connectivity index (χ2v) is 12.1. The Hall–Kier alpha value is -4.96. The summed E-state index contributed by atoms with van der Waals surface area (Å²) in [6, 6.07) is 22.6. The molecule has 5 aromatic rings. The third-order valence-electron chi connectivity index (χ3n) is 7.49. The average Bonchev–Trinajstić information content (AvgIpc) is 3.57. The van der Waals surface area contributed by atoms with Crippen LogP contribution in [0.4, 0.5) is 0 Å². The quantitative estimate of drug-likeness (QED) is 0.0631. The van der Waals surface area contributed by atoms with Gasteiger partial charge in [-0.2, -0.15) is 0 Å². The van der Waals surface area contributed by atoms with Gasteiger partial charge in [0.1, 0.15) is 23.0 Å². The van der Waals surface area contributed by atoms with E-state index >= 15 is 0 Å². The first-order valence-corrected chi connectivity index (χ1v) is 16.7. The molecule has 0 radical (unpaired) electrons. The van der Waals surface area contributed by atoms with Crippen LogP contribution >= 0.6 is 15.9 Å². The molecule has 0 fully saturated rings. The number of carbonyl (C=O) groups excluding carboxylic acids is 2. The van der Waals surface area contributed by atoms with Crippen molar-refractivity contribution in [3.63, 3.8) is 0 Å². The predicted molar refractivity (Wildman–Crippen MR) is 186 cm³/mol. The number of nitrogens with zero attached hydrogens (tertiary/aromatic N) is 2. The van der Waals surface area contributed by atoms with Crippen LogP contribution in [0, 0.1) is 13.8 Å². The van der Waals surface area contributed by atoms with Gasteiger partial charge in [-0.05, 0) is 133 Å². The van der Waals surface area contributed by atoms with Crippen molar-refractivity contribution in [3.05, 3.63) is 106 Å². The minimum absolute atomic E-state index is 0.284. The SMILES string of the molecule is CCCCOc1ccc(C(=O)Oc2ccc(-c3nnc(-c4ccc(OC(=O)c5ccc(OCCCC)cc5C)c(Br)c4)o3)cc2)c(C)c1. The Morgan fingerprint density at radius 3 is 1.67 bits per heavy atom. The summed E-state index contributed by atoms with van der Waals surface area (Å²) in [5.41, 5.74) is 3.74. The molecule has 10 heteroatoms. The van der Waals surface area contributed by atoms with Crippen molar-refractivity contribution in [2.75, 3.05) is 13.2 Å². The summed E-state index contributed by atoms with van der Waals surface area (Å²) in [5, 5.41) is 8.37. The predicted octanol–water partition coefficient (Wildman–Crippen LogP) is 9.58. The van der Waals surface area contributed by atoms with Crippen LogP contribution in [0.1, 0.15) is 71.4 Å². The second-order valence-electron chi connectivity index (χ2n) is 11.2. The zero-order chi connectivity index (χ0) is 34.0. The zero-order valence-electron chi connectivity index (χ0n) is 27.4. The van der Waals surface area contributed by atoms with Gasteiger partial charge < -0.3 is 23.4 Å². The van der Waals surface area contributed by atoms with Gasteiger partial charge in [-0.25, -0.2) is 9.59 Å². The lowest BCUT2D eigenvalue weighted by molar-refractivity contribution is 0.0723. The third-order valence-corrected chi connectivity index (χ3v) is 8.11. The fourth-order valence-electron chi connectivity index (χ4n) is 4.73. The molecule has 0 saturated carbocycles. The van der Waals surface area contributed by atoms with Crippen LogP contribution < -0.4 is 18.9 Å². The molecule has 248 valence electrons. The lowest BCUT2D eigenvalue weighted by atomic mass is 10.1. The lowest BCUT2D eigenvalue weighted by Gasteiger charge is -2.11. The highest BCUT2D eigenvalue weighted by atomic mass is 79.9. The average molecular weight is 714 g/mol. The fraction of sp³-hybridized carbons (Fsp3) is 0.263. The van der Waals surface area contributed by atoms with Gasteiger partial charge in [0.05, 0.1) is 28.8 Å². The molecule has 48 heavy (non-hydrogen) atoms. The van der Waals surface area contributed by atoms with Crippen LogP contribution in [0.3, 0.4) is 0 Å². The monoisotopic (exact) mass is 712 g/mol. The summed E-state index contributed by atoms with van der Waals surface area (Å²) in [4.78, 5) is 25.8. The number of rotatable bonds is 14. The number of carbonyl (C=O) groups is 2. The van der Waals surface area contributed by atoms with Crippen molar-refractivity contribution in [1.29, 1.82) is 0 Å². The number of halogens is 1. The van der Waals surface area contributed by atoms with Crippen molar-refractivity contribution in [2.24, 2.45) is 0 Å². The number of ether oxygens (including phenoxy) is 4. The van der Waals surface area contributed by atoms with Crippen LogP contribution in [0.5, 0.6) is 23.0 Å².